The molecule has 0 bridgehead atoms. The molecule has 9 nitrogen and oxygen atoms in total. The van der Waals surface area contributed by atoms with Gasteiger partial charge in [-0.2, -0.15) is 4.68 Å². The van der Waals surface area contributed by atoms with Crippen LogP contribution in [0.15, 0.2) is 70.4 Å². The van der Waals surface area contributed by atoms with Gasteiger partial charge in [-0.25, -0.2) is 0 Å². The van der Waals surface area contributed by atoms with Crippen LogP contribution in [0.4, 0.5) is 5.69 Å². The van der Waals surface area contributed by atoms with E-state index in [9.17, 15) is 9.59 Å². The number of thioether (sulfide) groups is 1. The lowest BCUT2D eigenvalue weighted by atomic mass is 10.1. The summed E-state index contributed by atoms with van der Waals surface area (Å²) in [5.41, 5.74) is 3.76. The Balaban J connectivity index is 1.40. The van der Waals surface area contributed by atoms with Gasteiger partial charge in [-0.3, -0.25) is 9.59 Å². The first-order valence-corrected chi connectivity index (χ1v) is 11.2. The maximum Gasteiger partial charge on any atom is 0.253 e. The molecule has 2 heterocycles. The molecule has 2 N–H and O–H groups in total. The van der Waals surface area contributed by atoms with Crippen molar-refractivity contribution >= 4 is 29.3 Å². The van der Waals surface area contributed by atoms with Crippen LogP contribution in [0.2, 0.25) is 0 Å². The summed E-state index contributed by atoms with van der Waals surface area (Å²) in [7, 11) is 0. The number of anilines is 1. The van der Waals surface area contributed by atoms with Crippen LogP contribution in [0, 0.1) is 13.8 Å². The molecular weight excluding hydrogens is 440 g/mol. The number of carbonyl (C=O) groups is 2. The minimum atomic E-state index is -0.311. The molecule has 2 aromatic heterocycles. The molecular formula is C23H22N6O3S. The van der Waals surface area contributed by atoms with Gasteiger partial charge in [0, 0.05) is 0 Å². The second-order valence-corrected chi connectivity index (χ2v) is 8.25. The maximum absolute atomic E-state index is 12.6. The van der Waals surface area contributed by atoms with E-state index in [0.717, 1.165) is 16.8 Å². The summed E-state index contributed by atoms with van der Waals surface area (Å²) >= 11 is 1.22. The zero-order valence-corrected chi connectivity index (χ0v) is 18.9. The number of hydrogen-bond donors (Lipinski definition) is 2. The maximum atomic E-state index is 12.6. The molecule has 0 fully saturated rings. The number of aryl methyl sites for hydroxylation is 2. The molecule has 2 amide bonds. The van der Waals surface area contributed by atoms with Crippen LogP contribution >= 0.6 is 11.8 Å². The largest absolute Gasteiger partial charge is 0.467 e. The summed E-state index contributed by atoms with van der Waals surface area (Å²) in [4.78, 5) is 25.2. The number of furan rings is 1. The highest BCUT2D eigenvalue weighted by Crippen LogP contribution is 2.22. The fourth-order valence-corrected chi connectivity index (χ4v) is 3.83. The average Bonchev–Trinajstić information content (AvgIpc) is 3.50. The van der Waals surface area contributed by atoms with Crippen molar-refractivity contribution in [2.45, 2.75) is 25.5 Å². The summed E-state index contributed by atoms with van der Waals surface area (Å²) in [5.74, 6) is 0.131. The summed E-state index contributed by atoms with van der Waals surface area (Å²) in [6.45, 7) is 4.23. The standard InChI is InChI=1S/C23H22N6O3S/c1-15-9-10-16(2)20(12-15)29-23(26-27-28-29)33-14-21(30)25-19-8-4-3-7-18(19)22(31)24-13-17-6-5-11-32-17/h3-12H,13-14H2,1-2H3,(H,24,31)(H,25,30). The van der Waals surface area contributed by atoms with Gasteiger partial charge in [0.15, 0.2) is 0 Å². The molecule has 10 heteroatoms. The van der Waals surface area contributed by atoms with Crippen molar-refractivity contribution in [3.63, 3.8) is 0 Å². The van der Waals surface area contributed by atoms with Crippen LogP contribution in [0.25, 0.3) is 5.69 Å². The van der Waals surface area contributed by atoms with Crippen molar-refractivity contribution in [3.8, 4) is 5.69 Å². The molecule has 4 rings (SSSR count). The number of nitrogens with one attached hydrogen (secondary N) is 2. The highest BCUT2D eigenvalue weighted by Gasteiger charge is 2.16. The fourth-order valence-electron chi connectivity index (χ4n) is 3.15. The molecule has 0 aliphatic carbocycles. The smallest absolute Gasteiger partial charge is 0.253 e. The van der Waals surface area contributed by atoms with E-state index < -0.39 is 0 Å². The van der Waals surface area contributed by atoms with Gasteiger partial charge < -0.3 is 15.1 Å². The predicted octanol–water partition coefficient (Wildman–Crippen LogP) is 3.53. The third kappa shape index (κ3) is 5.47. The zero-order chi connectivity index (χ0) is 23.2. The Morgan fingerprint density at radius 2 is 1.94 bits per heavy atom. The third-order valence-electron chi connectivity index (χ3n) is 4.82. The van der Waals surface area contributed by atoms with Gasteiger partial charge in [0.05, 0.1) is 35.5 Å². The van der Waals surface area contributed by atoms with E-state index in [0.29, 0.717) is 22.2 Å². The first-order chi connectivity index (χ1) is 16.0. The van der Waals surface area contributed by atoms with E-state index in [1.807, 2.05) is 32.0 Å². The van der Waals surface area contributed by atoms with Crippen molar-refractivity contribution in [1.29, 1.82) is 0 Å². The van der Waals surface area contributed by atoms with Gasteiger partial charge in [0.1, 0.15) is 5.76 Å². The van der Waals surface area contributed by atoms with Crippen LogP contribution in [-0.4, -0.2) is 37.8 Å². The van der Waals surface area contributed by atoms with Gasteiger partial charge in [0.2, 0.25) is 11.1 Å². The van der Waals surface area contributed by atoms with E-state index in [4.69, 9.17) is 4.42 Å². The van der Waals surface area contributed by atoms with Gasteiger partial charge >= 0.3 is 0 Å². The van der Waals surface area contributed by atoms with Crippen LogP contribution in [0.5, 0.6) is 0 Å². The lowest BCUT2D eigenvalue weighted by Crippen LogP contribution is -2.25. The Kier molecular flexibility index (Phi) is 6.84. The molecule has 0 aliphatic rings. The number of para-hydroxylation sites is 1. The molecule has 4 aromatic rings. The van der Waals surface area contributed by atoms with E-state index in [2.05, 4.69) is 26.2 Å². The lowest BCUT2D eigenvalue weighted by molar-refractivity contribution is -0.113. The van der Waals surface area contributed by atoms with Crippen molar-refractivity contribution < 1.29 is 14.0 Å². The number of aromatic nitrogens is 4. The van der Waals surface area contributed by atoms with Gasteiger partial charge in [0.25, 0.3) is 5.91 Å². The van der Waals surface area contributed by atoms with Crippen molar-refractivity contribution in [2.75, 3.05) is 11.1 Å². The Bertz CT molecular complexity index is 1270. The van der Waals surface area contributed by atoms with Crippen molar-refractivity contribution in [2.24, 2.45) is 0 Å². The highest BCUT2D eigenvalue weighted by atomic mass is 32.2. The Morgan fingerprint density at radius 1 is 1.09 bits per heavy atom. The Labute approximate surface area is 194 Å². The molecule has 2 aromatic carbocycles. The second-order valence-electron chi connectivity index (χ2n) is 7.31. The number of rotatable bonds is 8. The molecule has 0 radical (unpaired) electrons. The monoisotopic (exact) mass is 462 g/mol. The molecule has 0 atom stereocenters. The molecule has 0 saturated carbocycles. The van der Waals surface area contributed by atoms with Crippen LogP contribution < -0.4 is 10.6 Å². The van der Waals surface area contributed by atoms with Crippen molar-refractivity contribution in [3.05, 3.63) is 83.3 Å². The molecule has 168 valence electrons. The first-order valence-electron chi connectivity index (χ1n) is 10.2. The van der Waals surface area contributed by atoms with Crippen LogP contribution in [-0.2, 0) is 11.3 Å². The number of hydrogen-bond acceptors (Lipinski definition) is 7. The fraction of sp³-hybridized carbons (Fsp3) is 0.174. The number of nitrogens with zero attached hydrogens (tertiary/aromatic N) is 4. The Morgan fingerprint density at radius 3 is 2.76 bits per heavy atom. The van der Waals surface area contributed by atoms with Crippen LogP contribution in [0.3, 0.4) is 0 Å². The van der Waals surface area contributed by atoms with Crippen LogP contribution in [0.1, 0.15) is 27.2 Å². The predicted molar refractivity (Wildman–Crippen MR) is 124 cm³/mol. The number of tetrazole rings is 1. The van der Waals surface area contributed by atoms with Gasteiger partial charge in [-0.15, -0.1) is 5.10 Å². The van der Waals surface area contributed by atoms with E-state index in [-0.39, 0.29) is 24.1 Å². The summed E-state index contributed by atoms with van der Waals surface area (Å²) < 4.78 is 6.85. The molecule has 33 heavy (non-hydrogen) atoms. The summed E-state index contributed by atoms with van der Waals surface area (Å²) in [6, 6.07) is 16.4. The molecule has 0 unspecified atom stereocenters. The average molecular weight is 463 g/mol. The number of benzene rings is 2. The first kappa shape index (κ1) is 22.3. The number of amides is 2. The van der Waals surface area contributed by atoms with Gasteiger partial charge in [-0.05, 0) is 65.7 Å². The van der Waals surface area contributed by atoms with E-state index in [1.165, 1.54) is 11.8 Å². The minimum Gasteiger partial charge on any atom is -0.467 e. The SMILES string of the molecule is Cc1ccc(C)c(-n2nnnc2SCC(=O)Nc2ccccc2C(=O)NCc2ccco2)c1. The van der Waals surface area contributed by atoms with Crippen molar-refractivity contribution in [1.82, 2.24) is 25.5 Å². The van der Waals surface area contributed by atoms with E-state index in [1.54, 1.807) is 47.3 Å². The highest BCUT2D eigenvalue weighted by molar-refractivity contribution is 7.99. The zero-order valence-electron chi connectivity index (χ0n) is 18.1. The molecule has 0 aliphatic heterocycles. The van der Waals surface area contributed by atoms with Gasteiger partial charge in [-0.1, -0.05) is 36.0 Å². The lowest BCUT2D eigenvalue weighted by Gasteiger charge is -2.11. The number of carbonyl (C=O) groups excluding carboxylic acids is 2. The van der Waals surface area contributed by atoms with E-state index >= 15 is 0 Å². The second kappa shape index (κ2) is 10.1. The summed E-state index contributed by atoms with van der Waals surface area (Å²) in [5, 5.41) is 18.0. The Hall–Kier alpha value is -3.92. The normalized spacial score (nSPS) is 10.7. The molecule has 0 saturated heterocycles. The summed E-state index contributed by atoms with van der Waals surface area (Å²) in [6.07, 6.45) is 1.55. The minimum absolute atomic E-state index is 0.0770. The topological polar surface area (TPSA) is 115 Å². The third-order valence-corrected chi connectivity index (χ3v) is 5.73. The molecule has 0 spiro atoms. The quantitative estimate of drug-likeness (QED) is 0.385.